The number of nitrogens with one attached hydrogen (secondary N) is 1. The molecule has 1 atom stereocenters. The van der Waals surface area contributed by atoms with Gasteiger partial charge in [-0.1, -0.05) is 56.8 Å². The Morgan fingerprint density at radius 2 is 2.00 bits per heavy atom. The molecule has 0 aromatic heterocycles. The van der Waals surface area contributed by atoms with Crippen LogP contribution in [-0.4, -0.2) is 28.6 Å². The molecule has 158 valence electrons. The van der Waals surface area contributed by atoms with Crippen LogP contribution in [0.3, 0.4) is 0 Å². The van der Waals surface area contributed by atoms with Crippen LogP contribution in [0.25, 0.3) is 0 Å². The fraction of sp³-hybridized carbons (Fsp3) is 0.565. The number of halogens is 1. The molecule has 2 N–H and O–H groups in total. The largest absolute Gasteiger partial charge is 0.481 e. The SMILES string of the molecule is CC(C)C1=CN(CCC(=O)O)C(=O)N[C@]1(C)c1ccc(C2CCCCC2)c(Cl)c1. The molecule has 1 heterocycles. The molecule has 0 radical (unpaired) electrons. The molecule has 0 saturated heterocycles. The fourth-order valence-corrected chi connectivity index (χ4v) is 4.98. The van der Waals surface area contributed by atoms with Gasteiger partial charge in [-0.15, -0.1) is 0 Å². The average molecular weight is 419 g/mol. The van der Waals surface area contributed by atoms with Crippen molar-refractivity contribution in [3.8, 4) is 0 Å². The van der Waals surface area contributed by atoms with Gasteiger partial charge in [0.1, 0.15) is 0 Å². The van der Waals surface area contributed by atoms with Crippen molar-refractivity contribution in [3.63, 3.8) is 0 Å². The van der Waals surface area contributed by atoms with Crippen LogP contribution in [0, 0.1) is 5.92 Å². The zero-order valence-corrected chi connectivity index (χ0v) is 18.3. The summed E-state index contributed by atoms with van der Waals surface area (Å²) >= 11 is 6.71. The molecule has 3 rings (SSSR count). The molecule has 1 saturated carbocycles. The lowest BCUT2D eigenvalue weighted by atomic mass is 9.77. The Morgan fingerprint density at radius 3 is 2.59 bits per heavy atom. The van der Waals surface area contributed by atoms with E-state index < -0.39 is 11.5 Å². The van der Waals surface area contributed by atoms with Crippen LogP contribution in [0.1, 0.15) is 76.3 Å². The highest BCUT2D eigenvalue weighted by Gasteiger charge is 2.40. The van der Waals surface area contributed by atoms with Gasteiger partial charge in [-0.05, 0) is 54.4 Å². The van der Waals surface area contributed by atoms with Crippen LogP contribution in [0.4, 0.5) is 4.79 Å². The monoisotopic (exact) mass is 418 g/mol. The summed E-state index contributed by atoms with van der Waals surface area (Å²) in [5, 5.41) is 12.8. The molecule has 0 unspecified atom stereocenters. The van der Waals surface area contributed by atoms with E-state index in [0.29, 0.717) is 5.92 Å². The van der Waals surface area contributed by atoms with Crippen molar-refractivity contribution in [2.24, 2.45) is 5.92 Å². The van der Waals surface area contributed by atoms with Crippen molar-refractivity contribution >= 4 is 23.6 Å². The second-order valence-corrected chi connectivity index (χ2v) is 9.11. The molecular formula is C23H31ClN2O3. The minimum Gasteiger partial charge on any atom is -0.481 e. The molecule has 5 nitrogen and oxygen atoms in total. The lowest BCUT2D eigenvalue weighted by Crippen LogP contribution is -2.55. The number of urea groups is 1. The molecule has 1 aromatic carbocycles. The van der Waals surface area contributed by atoms with Crippen molar-refractivity contribution in [2.75, 3.05) is 6.54 Å². The van der Waals surface area contributed by atoms with Crippen molar-refractivity contribution in [3.05, 3.63) is 46.1 Å². The number of aliphatic carboxylic acids is 1. The molecule has 1 aromatic rings. The number of carboxylic acids is 1. The number of carbonyl (C=O) groups is 2. The van der Waals surface area contributed by atoms with Gasteiger partial charge in [0.2, 0.25) is 0 Å². The predicted octanol–water partition coefficient (Wildman–Crippen LogP) is 5.64. The zero-order valence-electron chi connectivity index (χ0n) is 17.5. The maximum atomic E-state index is 12.7. The first-order valence-corrected chi connectivity index (χ1v) is 10.9. The average Bonchev–Trinajstić information content (AvgIpc) is 2.67. The van der Waals surface area contributed by atoms with Crippen LogP contribution in [0.15, 0.2) is 30.0 Å². The molecule has 29 heavy (non-hydrogen) atoms. The van der Waals surface area contributed by atoms with Crippen LogP contribution < -0.4 is 5.32 Å². The third kappa shape index (κ3) is 4.61. The maximum Gasteiger partial charge on any atom is 0.322 e. The van der Waals surface area contributed by atoms with E-state index in [-0.39, 0.29) is 24.9 Å². The predicted molar refractivity (Wildman–Crippen MR) is 115 cm³/mol. The number of benzene rings is 1. The lowest BCUT2D eigenvalue weighted by Gasteiger charge is -2.42. The lowest BCUT2D eigenvalue weighted by molar-refractivity contribution is -0.137. The third-order valence-corrected chi connectivity index (χ3v) is 6.63. The summed E-state index contributed by atoms with van der Waals surface area (Å²) in [5.74, 6) is -0.230. The molecule has 1 fully saturated rings. The van der Waals surface area contributed by atoms with E-state index in [1.165, 1.54) is 42.6 Å². The Balaban J connectivity index is 1.93. The van der Waals surface area contributed by atoms with Gasteiger partial charge >= 0.3 is 12.0 Å². The summed E-state index contributed by atoms with van der Waals surface area (Å²) in [4.78, 5) is 25.1. The zero-order chi connectivity index (χ0) is 21.2. The fourth-order valence-electron chi connectivity index (χ4n) is 4.64. The molecule has 2 aliphatic rings. The number of amides is 2. The quantitative estimate of drug-likeness (QED) is 0.627. The van der Waals surface area contributed by atoms with E-state index in [1.807, 2.05) is 19.2 Å². The summed E-state index contributed by atoms with van der Waals surface area (Å²) in [7, 11) is 0. The van der Waals surface area contributed by atoms with Gasteiger partial charge in [0.15, 0.2) is 0 Å². The van der Waals surface area contributed by atoms with E-state index in [1.54, 1.807) is 0 Å². The highest BCUT2D eigenvalue weighted by molar-refractivity contribution is 6.31. The third-order valence-electron chi connectivity index (χ3n) is 6.30. The first kappa shape index (κ1) is 21.7. The first-order chi connectivity index (χ1) is 13.7. The second-order valence-electron chi connectivity index (χ2n) is 8.70. The standard InChI is InChI=1S/C23H31ClN2O3/c1-15(2)19-14-26(12-11-21(27)28)22(29)25-23(19,3)17-9-10-18(20(24)13-17)16-7-5-4-6-8-16/h9-10,13-16H,4-8,11-12H2,1-3H3,(H,25,29)(H,27,28)/t23-/m1/s1. The summed E-state index contributed by atoms with van der Waals surface area (Å²) in [6, 6.07) is 5.92. The minimum absolute atomic E-state index is 0.0894. The van der Waals surface area contributed by atoms with Crippen LogP contribution in [-0.2, 0) is 10.3 Å². The Hall–Kier alpha value is -2.01. The Bertz CT molecular complexity index is 814. The number of nitrogens with zero attached hydrogens (tertiary/aromatic N) is 1. The second kappa shape index (κ2) is 8.78. The summed E-state index contributed by atoms with van der Waals surface area (Å²) < 4.78 is 0. The molecule has 1 aliphatic carbocycles. The van der Waals surface area contributed by atoms with Gasteiger partial charge in [0.25, 0.3) is 0 Å². The van der Waals surface area contributed by atoms with Crippen molar-refractivity contribution in [1.82, 2.24) is 10.2 Å². The van der Waals surface area contributed by atoms with Crippen molar-refractivity contribution in [1.29, 1.82) is 0 Å². The Kier molecular flexibility index (Phi) is 6.57. The molecule has 6 heteroatoms. The highest BCUT2D eigenvalue weighted by Crippen LogP contribution is 2.41. The molecule has 0 bridgehead atoms. The molecule has 0 spiro atoms. The molecule has 1 aliphatic heterocycles. The maximum absolute atomic E-state index is 12.7. The Morgan fingerprint density at radius 1 is 1.31 bits per heavy atom. The van der Waals surface area contributed by atoms with E-state index >= 15 is 0 Å². The van der Waals surface area contributed by atoms with Gasteiger partial charge in [-0.3, -0.25) is 4.79 Å². The number of rotatable bonds is 6. The normalized spacial score (nSPS) is 23.1. The first-order valence-electron chi connectivity index (χ1n) is 10.5. The molecule has 2 amide bonds. The van der Waals surface area contributed by atoms with Crippen LogP contribution >= 0.6 is 11.6 Å². The van der Waals surface area contributed by atoms with Crippen molar-refractivity contribution < 1.29 is 14.7 Å². The summed E-state index contributed by atoms with van der Waals surface area (Å²) in [6.07, 6.45) is 7.90. The highest BCUT2D eigenvalue weighted by atomic mass is 35.5. The minimum atomic E-state index is -0.921. The van der Waals surface area contributed by atoms with Gasteiger partial charge < -0.3 is 15.3 Å². The number of carboxylic acid groups (broad SMARTS) is 1. The van der Waals surface area contributed by atoms with E-state index in [4.69, 9.17) is 16.7 Å². The van der Waals surface area contributed by atoms with Gasteiger partial charge in [0.05, 0.1) is 12.0 Å². The molecular weight excluding hydrogens is 388 g/mol. The van der Waals surface area contributed by atoms with E-state index in [0.717, 1.165) is 16.2 Å². The van der Waals surface area contributed by atoms with E-state index in [2.05, 4.69) is 31.3 Å². The summed E-state index contributed by atoms with van der Waals surface area (Å²) in [5.41, 5.74) is 2.51. The Labute approximate surface area is 178 Å². The number of hydrogen-bond acceptors (Lipinski definition) is 2. The topological polar surface area (TPSA) is 69.6 Å². The smallest absolute Gasteiger partial charge is 0.322 e. The van der Waals surface area contributed by atoms with Crippen molar-refractivity contribution in [2.45, 2.75) is 70.8 Å². The number of carbonyl (C=O) groups excluding carboxylic acids is 1. The van der Waals surface area contributed by atoms with Gasteiger partial charge in [0, 0.05) is 17.8 Å². The van der Waals surface area contributed by atoms with E-state index in [9.17, 15) is 9.59 Å². The van der Waals surface area contributed by atoms with Gasteiger partial charge in [-0.2, -0.15) is 0 Å². The van der Waals surface area contributed by atoms with Crippen LogP contribution in [0.2, 0.25) is 5.02 Å². The summed E-state index contributed by atoms with van der Waals surface area (Å²) in [6.45, 7) is 6.30. The van der Waals surface area contributed by atoms with Gasteiger partial charge in [-0.25, -0.2) is 4.79 Å². The number of hydrogen-bond donors (Lipinski definition) is 2. The van der Waals surface area contributed by atoms with Crippen LogP contribution in [0.5, 0.6) is 0 Å².